The van der Waals surface area contributed by atoms with Crippen molar-refractivity contribution in [3.63, 3.8) is 0 Å². The molecular formula is C8H15N2O. The van der Waals surface area contributed by atoms with E-state index < -0.39 is 0 Å². The highest BCUT2D eigenvalue weighted by atomic mass is 16.1. The molecule has 0 aromatic heterocycles. The van der Waals surface area contributed by atoms with Crippen molar-refractivity contribution in [2.75, 3.05) is 19.6 Å². The molecule has 1 radical (unpaired) electrons. The van der Waals surface area contributed by atoms with Gasteiger partial charge in [0.1, 0.15) is 0 Å². The zero-order chi connectivity index (χ0) is 8.10. The van der Waals surface area contributed by atoms with Crippen LogP contribution in [0.2, 0.25) is 0 Å². The van der Waals surface area contributed by atoms with E-state index in [1.807, 2.05) is 0 Å². The van der Waals surface area contributed by atoms with E-state index >= 15 is 0 Å². The lowest BCUT2D eigenvalue weighted by Crippen LogP contribution is -2.41. The van der Waals surface area contributed by atoms with Crippen LogP contribution in [0.4, 0.5) is 0 Å². The predicted octanol–water partition coefficient (Wildman–Crippen LogP) is 0.128. The van der Waals surface area contributed by atoms with E-state index in [4.69, 9.17) is 0 Å². The van der Waals surface area contributed by atoms with Crippen molar-refractivity contribution in [1.82, 2.24) is 10.2 Å². The zero-order valence-corrected chi connectivity index (χ0v) is 6.97. The first-order valence-corrected chi connectivity index (χ1v) is 4.22. The van der Waals surface area contributed by atoms with Crippen molar-refractivity contribution in [3.8, 4) is 0 Å². The second-order valence-electron chi connectivity index (χ2n) is 2.95. The Morgan fingerprint density at radius 2 is 2.18 bits per heavy atom. The number of nitrogens with zero attached hydrogens (tertiary/aromatic N) is 1. The lowest BCUT2D eigenvalue weighted by atomic mass is 10.1. The van der Waals surface area contributed by atoms with Crippen molar-refractivity contribution in [2.24, 2.45) is 0 Å². The molecule has 0 saturated carbocycles. The Bertz CT molecular complexity index is 119. The number of hydrogen-bond acceptors (Lipinski definition) is 2. The minimum atomic E-state index is 0.371. The van der Waals surface area contributed by atoms with Gasteiger partial charge in [0, 0.05) is 19.1 Å². The summed E-state index contributed by atoms with van der Waals surface area (Å²) in [6, 6.07) is 0.371. The number of piperidine rings is 1. The maximum Gasteiger partial charge on any atom is 0.309 e. The van der Waals surface area contributed by atoms with E-state index in [0.717, 1.165) is 32.5 Å². The van der Waals surface area contributed by atoms with E-state index in [1.54, 1.807) is 6.41 Å². The summed E-state index contributed by atoms with van der Waals surface area (Å²) in [5, 5.41) is 2.70. The van der Waals surface area contributed by atoms with Gasteiger partial charge in [-0.25, -0.2) is 0 Å². The molecule has 1 amide bonds. The maximum absolute atomic E-state index is 9.97. The molecule has 0 spiro atoms. The molecule has 3 heteroatoms. The van der Waals surface area contributed by atoms with E-state index in [1.165, 1.54) is 0 Å². The highest BCUT2D eigenvalue weighted by molar-refractivity contribution is 5.47. The summed E-state index contributed by atoms with van der Waals surface area (Å²) in [6.45, 7) is 5.50. The third-order valence-corrected chi connectivity index (χ3v) is 2.30. The van der Waals surface area contributed by atoms with Crippen LogP contribution in [0.25, 0.3) is 0 Å². The third kappa shape index (κ3) is 2.50. The number of nitrogens with one attached hydrogen (secondary N) is 1. The predicted molar refractivity (Wildman–Crippen MR) is 44.0 cm³/mol. The van der Waals surface area contributed by atoms with Crippen LogP contribution in [0.3, 0.4) is 0 Å². The lowest BCUT2D eigenvalue weighted by Gasteiger charge is -2.30. The first-order valence-electron chi connectivity index (χ1n) is 4.22. The van der Waals surface area contributed by atoms with Crippen LogP contribution in [0.15, 0.2) is 0 Å². The molecule has 1 rings (SSSR count). The number of rotatable bonds is 3. The van der Waals surface area contributed by atoms with E-state index in [9.17, 15) is 4.79 Å². The maximum atomic E-state index is 9.97. The zero-order valence-electron chi connectivity index (χ0n) is 6.97. The van der Waals surface area contributed by atoms with E-state index in [2.05, 4.69) is 17.1 Å². The van der Waals surface area contributed by atoms with Crippen LogP contribution in [-0.2, 0) is 4.79 Å². The molecule has 63 valence electrons. The molecular weight excluding hydrogens is 140 g/mol. The summed E-state index contributed by atoms with van der Waals surface area (Å²) in [6.07, 6.45) is 3.90. The Kier molecular flexibility index (Phi) is 3.36. The van der Waals surface area contributed by atoms with Gasteiger partial charge in [-0.1, -0.05) is 6.92 Å². The van der Waals surface area contributed by atoms with Crippen LogP contribution < -0.4 is 5.32 Å². The smallest absolute Gasteiger partial charge is 0.309 e. The third-order valence-electron chi connectivity index (χ3n) is 2.30. The highest BCUT2D eigenvalue weighted by Crippen LogP contribution is 2.08. The molecule has 1 aliphatic heterocycles. The van der Waals surface area contributed by atoms with E-state index in [-0.39, 0.29) is 0 Å². The van der Waals surface area contributed by atoms with Gasteiger partial charge in [-0.2, -0.15) is 0 Å². The molecule has 0 aliphatic carbocycles. The number of likely N-dealkylation sites (tertiary alicyclic amines) is 1. The van der Waals surface area contributed by atoms with Crippen LogP contribution in [0.5, 0.6) is 0 Å². The first kappa shape index (κ1) is 8.53. The van der Waals surface area contributed by atoms with Crippen LogP contribution in [0.1, 0.15) is 19.8 Å². The van der Waals surface area contributed by atoms with Gasteiger partial charge in [-0.3, -0.25) is 4.79 Å². The fourth-order valence-corrected chi connectivity index (χ4v) is 1.48. The fraction of sp³-hybridized carbons (Fsp3) is 0.875. The summed E-state index contributed by atoms with van der Waals surface area (Å²) in [7, 11) is 0. The number of amides is 1. The first-order chi connectivity index (χ1) is 5.36. The molecule has 1 N–H and O–H groups in total. The lowest BCUT2D eigenvalue weighted by molar-refractivity contribution is 0.215. The molecule has 0 unspecified atom stereocenters. The van der Waals surface area contributed by atoms with Crippen molar-refractivity contribution in [3.05, 3.63) is 0 Å². The largest absolute Gasteiger partial charge is 0.345 e. The van der Waals surface area contributed by atoms with Gasteiger partial charge in [-0.15, -0.1) is 0 Å². The molecule has 3 nitrogen and oxygen atoms in total. The quantitative estimate of drug-likeness (QED) is 0.587. The van der Waals surface area contributed by atoms with Gasteiger partial charge in [0.05, 0.1) is 0 Å². The second-order valence-corrected chi connectivity index (χ2v) is 2.95. The minimum Gasteiger partial charge on any atom is -0.345 e. The summed E-state index contributed by atoms with van der Waals surface area (Å²) < 4.78 is 0. The molecule has 1 fully saturated rings. The van der Waals surface area contributed by atoms with Crippen molar-refractivity contribution < 1.29 is 4.79 Å². The summed E-state index contributed by atoms with van der Waals surface area (Å²) in [5.74, 6) is 0. The molecule has 11 heavy (non-hydrogen) atoms. The van der Waals surface area contributed by atoms with Crippen molar-refractivity contribution in [2.45, 2.75) is 25.8 Å². The normalized spacial score (nSPS) is 21.5. The SMILES string of the molecule is CCN1CCC(N[C]=O)CC1. The summed E-state index contributed by atoms with van der Waals surface area (Å²) in [5.41, 5.74) is 0. The molecule has 0 bridgehead atoms. The minimum absolute atomic E-state index is 0.371. The topological polar surface area (TPSA) is 32.3 Å². The number of hydrogen-bond donors (Lipinski definition) is 1. The Labute approximate surface area is 67.8 Å². The molecule has 0 aromatic carbocycles. The van der Waals surface area contributed by atoms with Gasteiger partial charge >= 0.3 is 6.41 Å². The van der Waals surface area contributed by atoms with Crippen molar-refractivity contribution >= 4 is 6.41 Å². The molecule has 0 aromatic rings. The summed E-state index contributed by atoms with van der Waals surface area (Å²) >= 11 is 0. The average Bonchev–Trinajstić information content (AvgIpc) is 2.07. The van der Waals surface area contributed by atoms with Crippen LogP contribution in [-0.4, -0.2) is 37.0 Å². The molecule has 1 saturated heterocycles. The van der Waals surface area contributed by atoms with Crippen molar-refractivity contribution in [1.29, 1.82) is 0 Å². The molecule has 0 atom stereocenters. The Morgan fingerprint density at radius 1 is 1.55 bits per heavy atom. The Balaban J connectivity index is 2.18. The molecule has 1 heterocycles. The standard InChI is InChI=1S/C8H15N2O/c1-2-10-5-3-8(4-6-10)9-7-11/h8H,2-6H2,1H3,(H,9,11). The monoisotopic (exact) mass is 155 g/mol. The summed E-state index contributed by atoms with van der Waals surface area (Å²) in [4.78, 5) is 12.4. The van der Waals surface area contributed by atoms with Gasteiger partial charge < -0.3 is 10.2 Å². The highest BCUT2D eigenvalue weighted by Gasteiger charge is 2.16. The van der Waals surface area contributed by atoms with Gasteiger partial charge in [0.25, 0.3) is 0 Å². The fourth-order valence-electron chi connectivity index (χ4n) is 1.48. The second kappa shape index (κ2) is 4.34. The Morgan fingerprint density at radius 3 is 2.64 bits per heavy atom. The average molecular weight is 155 g/mol. The number of carbonyl (C=O) groups excluding carboxylic acids is 1. The van der Waals surface area contributed by atoms with Crippen LogP contribution in [0, 0.1) is 0 Å². The van der Waals surface area contributed by atoms with Gasteiger partial charge in [-0.05, 0) is 19.4 Å². The van der Waals surface area contributed by atoms with Gasteiger partial charge in [0.15, 0.2) is 0 Å². The van der Waals surface area contributed by atoms with Crippen LogP contribution >= 0.6 is 0 Å². The molecule has 1 aliphatic rings. The van der Waals surface area contributed by atoms with Gasteiger partial charge in [0.2, 0.25) is 0 Å². The Hall–Kier alpha value is -0.570. The van der Waals surface area contributed by atoms with E-state index in [0.29, 0.717) is 6.04 Å².